The van der Waals surface area contributed by atoms with Gasteiger partial charge >= 0.3 is 6.01 Å². The predicted molar refractivity (Wildman–Crippen MR) is 72.6 cm³/mol. The van der Waals surface area contributed by atoms with Crippen molar-refractivity contribution in [3.8, 4) is 6.01 Å². The van der Waals surface area contributed by atoms with Crippen LogP contribution in [0, 0.1) is 5.92 Å². The van der Waals surface area contributed by atoms with Crippen molar-refractivity contribution in [2.75, 3.05) is 25.1 Å². The van der Waals surface area contributed by atoms with Gasteiger partial charge in [0.05, 0.1) is 12.7 Å². The van der Waals surface area contributed by atoms with Crippen LogP contribution in [0.15, 0.2) is 0 Å². The van der Waals surface area contributed by atoms with Crippen LogP contribution in [0.2, 0.25) is 5.28 Å². The normalized spacial score (nSPS) is 22.5. The van der Waals surface area contributed by atoms with Crippen molar-refractivity contribution in [1.29, 1.82) is 0 Å². The molecule has 7 heteroatoms. The Morgan fingerprint density at radius 3 is 2.95 bits per heavy atom. The number of hydrogen-bond acceptors (Lipinski definition) is 6. The number of anilines is 1. The summed E-state index contributed by atoms with van der Waals surface area (Å²) in [4.78, 5) is 12.1. The Morgan fingerprint density at radius 2 is 2.21 bits per heavy atom. The van der Waals surface area contributed by atoms with Crippen LogP contribution < -0.4 is 10.1 Å². The van der Waals surface area contributed by atoms with Gasteiger partial charge < -0.3 is 14.8 Å². The van der Waals surface area contributed by atoms with E-state index in [1.807, 2.05) is 6.92 Å². The van der Waals surface area contributed by atoms with Crippen LogP contribution in [0.25, 0.3) is 0 Å². The van der Waals surface area contributed by atoms with Gasteiger partial charge in [0.15, 0.2) is 0 Å². The third-order valence-electron chi connectivity index (χ3n) is 3.13. The van der Waals surface area contributed by atoms with E-state index in [4.69, 9.17) is 21.1 Å². The van der Waals surface area contributed by atoms with Crippen molar-refractivity contribution in [2.45, 2.75) is 32.8 Å². The number of nitrogens with one attached hydrogen (secondary N) is 1. The highest BCUT2D eigenvalue weighted by molar-refractivity contribution is 6.28. The average Bonchev–Trinajstić information content (AvgIpc) is 2.83. The Morgan fingerprint density at radius 1 is 1.37 bits per heavy atom. The zero-order valence-corrected chi connectivity index (χ0v) is 12.0. The highest BCUT2D eigenvalue weighted by atomic mass is 35.5. The average molecular weight is 287 g/mol. The minimum Gasteiger partial charge on any atom is -0.464 e. The molecular weight excluding hydrogens is 268 g/mol. The summed E-state index contributed by atoms with van der Waals surface area (Å²) in [7, 11) is 0. The molecule has 6 nitrogen and oxygen atoms in total. The van der Waals surface area contributed by atoms with E-state index < -0.39 is 0 Å². The van der Waals surface area contributed by atoms with Crippen molar-refractivity contribution in [1.82, 2.24) is 15.0 Å². The number of nitrogens with zero attached hydrogens (tertiary/aromatic N) is 3. The second kappa shape index (κ2) is 6.86. The monoisotopic (exact) mass is 286 g/mol. The van der Waals surface area contributed by atoms with Crippen LogP contribution in [-0.4, -0.2) is 40.8 Å². The highest BCUT2D eigenvalue weighted by Gasteiger charge is 2.26. The van der Waals surface area contributed by atoms with E-state index in [1.54, 1.807) is 0 Å². The standard InChI is InChI=1S/C12H19ClN4O2/c1-3-9-8(5-6-19-9)7-14-11-15-10(13)16-12(17-11)18-4-2/h8-9H,3-7H2,1-2H3,(H,14,15,16,17). The van der Waals surface area contributed by atoms with E-state index in [-0.39, 0.29) is 11.3 Å². The molecule has 0 radical (unpaired) electrons. The van der Waals surface area contributed by atoms with E-state index in [0.717, 1.165) is 26.0 Å². The van der Waals surface area contributed by atoms with Gasteiger partial charge in [-0.05, 0) is 31.4 Å². The Hall–Kier alpha value is -1.14. The lowest BCUT2D eigenvalue weighted by Crippen LogP contribution is -2.23. The highest BCUT2D eigenvalue weighted by Crippen LogP contribution is 2.23. The van der Waals surface area contributed by atoms with Crippen LogP contribution >= 0.6 is 11.6 Å². The molecule has 0 amide bonds. The van der Waals surface area contributed by atoms with Crippen LogP contribution in [-0.2, 0) is 4.74 Å². The maximum absolute atomic E-state index is 5.83. The summed E-state index contributed by atoms with van der Waals surface area (Å²) in [6, 6.07) is 0.250. The van der Waals surface area contributed by atoms with E-state index in [0.29, 0.717) is 24.6 Å². The molecule has 0 spiro atoms. The van der Waals surface area contributed by atoms with Gasteiger partial charge in [0.2, 0.25) is 11.2 Å². The summed E-state index contributed by atoms with van der Waals surface area (Å²) in [6.07, 6.45) is 2.40. The summed E-state index contributed by atoms with van der Waals surface area (Å²) < 4.78 is 10.9. The molecule has 0 bridgehead atoms. The van der Waals surface area contributed by atoms with Crippen LogP contribution in [0.3, 0.4) is 0 Å². The van der Waals surface area contributed by atoms with Gasteiger partial charge in [0.1, 0.15) is 0 Å². The Balaban J connectivity index is 1.95. The molecule has 0 aromatic carbocycles. The fourth-order valence-electron chi connectivity index (χ4n) is 2.20. The van der Waals surface area contributed by atoms with Gasteiger partial charge in [-0.15, -0.1) is 0 Å². The molecule has 1 aliphatic heterocycles. The van der Waals surface area contributed by atoms with Gasteiger partial charge in [-0.1, -0.05) is 6.92 Å². The molecule has 2 atom stereocenters. The van der Waals surface area contributed by atoms with Crippen molar-refractivity contribution in [2.24, 2.45) is 5.92 Å². The van der Waals surface area contributed by atoms with E-state index in [9.17, 15) is 0 Å². The molecule has 1 aromatic heterocycles. The van der Waals surface area contributed by atoms with Gasteiger partial charge in [-0.3, -0.25) is 0 Å². The third-order valence-corrected chi connectivity index (χ3v) is 3.30. The Labute approximate surface area is 117 Å². The first-order valence-electron chi connectivity index (χ1n) is 6.62. The molecule has 1 fully saturated rings. The Bertz CT molecular complexity index is 419. The number of aromatic nitrogens is 3. The summed E-state index contributed by atoms with van der Waals surface area (Å²) >= 11 is 5.83. The predicted octanol–water partition coefficient (Wildman–Crippen LogP) is 2.15. The number of halogens is 1. The maximum atomic E-state index is 5.83. The topological polar surface area (TPSA) is 69.2 Å². The molecular formula is C12H19ClN4O2. The lowest BCUT2D eigenvalue weighted by molar-refractivity contribution is 0.0900. The third kappa shape index (κ3) is 3.91. The summed E-state index contributed by atoms with van der Waals surface area (Å²) in [6.45, 7) is 6.09. The fourth-order valence-corrected chi connectivity index (χ4v) is 2.36. The molecule has 1 aromatic rings. The molecule has 106 valence electrons. The van der Waals surface area contributed by atoms with Gasteiger partial charge in [-0.25, -0.2) is 0 Å². The first-order valence-corrected chi connectivity index (χ1v) is 7.00. The van der Waals surface area contributed by atoms with Crippen molar-refractivity contribution >= 4 is 17.5 Å². The molecule has 2 rings (SSSR count). The molecule has 1 N–H and O–H groups in total. The van der Waals surface area contributed by atoms with Crippen molar-refractivity contribution < 1.29 is 9.47 Å². The Kier molecular flexibility index (Phi) is 5.15. The summed E-state index contributed by atoms with van der Waals surface area (Å²) in [5.41, 5.74) is 0. The molecule has 2 unspecified atom stereocenters. The second-order valence-electron chi connectivity index (χ2n) is 4.39. The lowest BCUT2D eigenvalue weighted by atomic mass is 10.00. The zero-order valence-electron chi connectivity index (χ0n) is 11.2. The molecule has 1 saturated heterocycles. The van der Waals surface area contributed by atoms with Crippen molar-refractivity contribution in [3.63, 3.8) is 0 Å². The molecule has 0 aliphatic carbocycles. The van der Waals surface area contributed by atoms with Crippen LogP contribution in [0.5, 0.6) is 6.01 Å². The van der Waals surface area contributed by atoms with Crippen LogP contribution in [0.4, 0.5) is 5.95 Å². The number of hydrogen-bond donors (Lipinski definition) is 1. The molecule has 1 aliphatic rings. The van der Waals surface area contributed by atoms with E-state index >= 15 is 0 Å². The van der Waals surface area contributed by atoms with E-state index in [1.165, 1.54) is 0 Å². The number of rotatable bonds is 6. The van der Waals surface area contributed by atoms with Gasteiger partial charge in [0.25, 0.3) is 0 Å². The quantitative estimate of drug-likeness (QED) is 0.864. The minimum atomic E-state index is 0.135. The SMILES string of the molecule is CCOc1nc(Cl)nc(NCC2CCOC2CC)n1. The van der Waals surface area contributed by atoms with Crippen LogP contribution in [0.1, 0.15) is 26.7 Å². The smallest absolute Gasteiger partial charge is 0.322 e. The summed E-state index contributed by atoms with van der Waals surface area (Å²) in [5.74, 6) is 0.932. The van der Waals surface area contributed by atoms with Gasteiger partial charge in [0, 0.05) is 19.1 Å². The first-order chi connectivity index (χ1) is 9.22. The number of ether oxygens (including phenoxy) is 2. The largest absolute Gasteiger partial charge is 0.464 e. The van der Waals surface area contributed by atoms with Gasteiger partial charge in [-0.2, -0.15) is 15.0 Å². The molecule has 2 heterocycles. The molecule has 0 saturated carbocycles. The van der Waals surface area contributed by atoms with E-state index in [2.05, 4.69) is 27.2 Å². The summed E-state index contributed by atoms with van der Waals surface area (Å²) in [5, 5.41) is 3.32. The zero-order chi connectivity index (χ0) is 13.7. The second-order valence-corrected chi connectivity index (χ2v) is 4.73. The first kappa shape index (κ1) is 14.3. The maximum Gasteiger partial charge on any atom is 0.322 e. The fraction of sp³-hybridized carbons (Fsp3) is 0.750. The minimum absolute atomic E-state index is 0.135. The molecule has 19 heavy (non-hydrogen) atoms. The van der Waals surface area contributed by atoms with Crippen molar-refractivity contribution in [3.05, 3.63) is 5.28 Å². The lowest BCUT2D eigenvalue weighted by Gasteiger charge is -2.17.